The minimum Gasteiger partial charge on any atom is -0.497 e. The quantitative estimate of drug-likeness (QED) is 0.829. The number of anilines is 1. The molecule has 5 nitrogen and oxygen atoms in total. The molecule has 0 fully saturated rings. The van der Waals surface area contributed by atoms with Crippen molar-refractivity contribution in [2.75, 3.05) is 12.8 Å². The minimum atomic E-state index is -3.66. The van der Waals surface area contributed by atoms with Gasteiger partial charge in [0.15, 0.2) is 0 Å². The van der Waals surface area contributed by atoms with Gasteiger partial charge in [-0.2, -0.15) is 0 Å². The smallest absolute Gasteiger partial charge is 0.242 e. The minimum absolute atomic E-state index is 0.0527. The second kappa shape index (κ2) is 6.15. The average Bonchev–Trinajstić information content (AvgIpc) is 2.46. The lowest BCUT2D eigenvalue weighted by atomic mass is 10.1. The molecule has 2 aromatic carbocycles. The third kappa shape index (κ3) is 3.53. The molecule has 0 bridgehead atoms. The van der Waals surface area contributed by atoms with Gasteiger partial charge in [-0.15, -0.1) is 0 Å². The summed E-state index contributed by atoms with van der Waals surface area (Å²) in [5.74, 6) is 0.519. The zero-order valence-corrected chi connectivity index (χ0v) is 12.8. The summed E-state index contributed by atoms with van der Waals surface area (Å²) in [7, 11) is -2.16. The van der Waals surface area contributed by atoms with Crippen LogP contribution in [0.2, 0.25) is 0 Å². The van der Waals surface area contributed by atoms with E-state index in [1.54, 1.807) is 6.07 Å². The predicted octanol–water partition coefficient (Wildman–Crippen LogP) is 2.06. The van der Waals surface area contributed by atoms with Crippen LogP contribution in [0.3, 0.4) is 0 Å². The maximum Gasteiger partial charge on any atom is 0.242 e. The Kier molecular flexibility index (Phi) is 4.50. The number of nitrogen functional groups attached to an aromatic ring is 1. The van der Waals surface area contributed by atoms with Gasteiger partial charge in [0.25, 0.3) is 0 Å². The molecule has 0 aliphatic rings. The Morgan fingerprint density at radius 2 is 1.90 bits per heavy atom. The Morgan fingerprint density at radius 1 is 1.19 bits per heavy atom. The molecular formula is C15H18N2O3S. The Bertz CT molecular complexity index is 742. The molecule has 6 heteroatoms. The lowest BCUT2D eigenvalue weighted by Gasteiger charge is -2.11. The van der Waals surface area contributed by atoms with E-state index in [-0.39, 0.29) is 17.1 Å². The fourth-order valence-electron chi connectivity index (χ4n) is 1.96. The zero-order valence-electron chi connectivity index (χ0n) is 12.0. The van der Waals surface area contributed by atoms with E-state index in [4.69, 9.17) is 10.5 Å². The second-order valence-electron chi connectivity index (χ2n) is 4.65. The topological polar surface area (TPSA) is 81.4 Å². The van der Waals surface area contributed by atoms with Gasteiger partial charge < -0.3 is 10.5 Å². The summed E-state index contributed by atoms with van der Waals surface area (Å²) >= 11 is 0. The number of methoxy groups -OCH3 is 1. The highest BCUT2D eigenvalue weighted by Gasteiger charge is 2.17. The van der Waals surface area contributed by atoms with E-state index in [2.05, 4.69) is 4.72 Å². The highest BCUT2D eigenvalue weighted by atomic mass is 32.2. The molecule has 21 heavy (non-hydrogen) atoms. The van der Waals surface area contributed by atoms with E-state index in [1.165, 1.54) is 19.2 Å². The second-order valence-corrected chi connectivity index (χ2v) is 6.39. The van der Waals surface area contributed by atoms with Crippen LogP contribution in [0.5, 0.6) is 5.75 Å². The van der Waals surface area contributed by atoms with Crippen molar-refractivity contribution in [3.8, 4) is 5.75 Å². The predicted molar refractivity (Wildman–Crippen MR) is 82.6 cm³/mol. The monoisotopic (exact) mass is 306 g/mol. The van der Waals surface area contributed by atoms with Gasteiger partial charge in [-0.05, 0) is 30.2 Å². The molecule has 0 unspecified atom stereocenters. The Balaban J connectivity index is 2.21. The van der Waals surface area contributed by atoms with Crippen molar-refractivity contribution in [3.63, 3.8) is 0 Å². The molecule has 3 N–H and O–H groups in total. The van der Waals surface area contributed by atoms with Crippen LogP contribution in [0.15, 0.2) is 47.4 Å². The van der Waals surface area contributed by atoms with Crippen LogP contribution in [-0.2, 0) is 16.6 Å². The molecule has 0 aliphatic carbocycles. The van der Waals surface area contributed by atoms with Gasteiger partial charge >= 0.3 is 0 Å². The Labute approximate surface area is 124 Å². The average molecular weight is 306 g/mol. The number of ether oxygens (including phenoxy) is 1. The van der Waals surface area contributed by atoms with Crippen molar-refractivity contribution >= 4 is 15.7 Å². The molecule has 0 radical (unpaired) electrons. The van der Waals surface area contributed by atoms with Crippen molar-refractivity contribution in [2.45, 2.75) is 18.4 Å². The Morgan fingerprint density at radius 3 is 2.52 bits per heavy atom. The number of sulfonamides is 1. The van der Waals surface area contributed by atoms with Gasteiger partial charge in [-0.1, -0.05) is 24.3 Å². The first kappa shape index (κ1) is 15.3. The number of aryl methyl sites for hydroxylation is 1. The van der Waals surface area contributed by atoms with Crippen LogP contribution in [-0.4, -0.2) is 15.5 Å². The summed E-state index contributed by atoms with van der Waals surface area (Å²) in [6.07, 6.45) is 0. The summed E-state index contributed by atoms with van der Waals surface area (Å²) in [4.78, 5) is 0.0527. The zero-order chi connectivity index (χ0) is 15.5. The van der Waals surface area contributed by atoms with Gasteiger partial charge in [0.05, 0.1) is 12.8 Å². The van der Waals surface area contributed by atoms with Gasteiger partial charge in [0, 0.05) is 12.6 Å². The molecule has 0 aliphatic heterocycles. The van der Waals surface area contributed by atoms with Crippen LogP contribution >= 0.6 is 0 Å². The number of hydrogen-bond donors (Lipinski definition) is 2. The van der Waals surface area contributed by atoms with Crippen LogP contribution in [0.4, 0.5) is 5.69 Å². The number of benzene rings is 2. The van der Waals surface area contributed by atoms with E-state index >= 15 is 0 Å². The molecule has 2 rings (SSSR count). The molecule has 0 atom stereocenters. The fraction of sp³-hybridized carbons (Fsp3) is 0.200. The van der Waals surface area contributed by atoms with Crippen molar-refractivity contribution < 1.29 is 13.2 Å². The molecule has 2 aromatic rings. The summed E-state index contributed by atoms with van der Waals surface area (Å²) < 4.78 is 32.2. The van der Waals surface area contributed by atoms with E-state index < -0.39 is 10.0 Å². The first-order valence-electron chi connectivity index (χ1n) is 6.42. The molecule has 0 amide bonds. The van der Waals surface area contributed by atoms with Crippen molar-refractivity contribution in [1.29, 1.82) is 0 Å². The standard InChI is InChI=1S/C15H18N2O3S/c1-11-5-3-4-6-12(11)10-17-21(18,19)15-8-7-13(20-2)9-14(15)16/h3-9,17H,10,16H2,1-2H3. The molecule has 0 aromatic heterocycles. The summed E-state index contributed by atoms with van der Waals surface area (Å²) in [5.41, 5.74) is 7.90. The normalized spacial score (nSPS) is 11.3. The number of nitrogens with one attached hydrogen (secondary N) is 1. The van der Waals surface area contributed by atoms with Gasteiger partial charge in [-0.3, -0.25) is 0 Å². The fourth-order valence-corrected chi connectivity index (χ4v) is 3.07. The van der Waals surface area contributed by atoms with Gasteiger partial charge in [-0.25, -0.2) is 13.1 Å². The number of hydrogen-bond acceptors (Lipinski definition) is 4. The summed E-state index contributed by atoms with van der Waals surface area (Å²) in [6, 6.07) is 12.1. The lowest BCUT2D eigenvalue weighted by Crippen LogP contribution is -2.24. The third-order valence-electron chi connectivity index (χ3n) is 3.22. The van der Waals surface area contributed by atoms with E-state index in [0.29, 0.717) is 5.75 Å². The van der Waals surface area contributed by atoms with Crippen LogP contribution in [0, 0.1) is 6.92 Å². The molecule has 112 valence electrons. The summed E-state index contributed by atoms with van der Waals surface area (Å²) in [6.45, 7) is 2.16. The first-order chi connectivity index (χ1) is 9.94. The van der Waals surface area contributed by atoms with Gasteiger partial charge in [0.2, 0.25) is 10.0 Å². The first-order valence-corrected chi connectivity index (χ1v) is 7.90. The number of rotatable bonds is 5. The molecular weight excluding hydrogens is 288 g/mol. The largest absolute Gasteiger partial charge is 0.497 e. The van der Waals surface area contributed by atoms with Gasteiger partial charge in [0.1, 0.15) is 10.6 Å². The van der Waals surface area contributed by atoms with Crippen molar-refractivity contribution in [3.05, 3.63) is 53.6 Å². The molecule has 0 spiro atoms. The highest BCUT2D eigenvalue weighted by Crippen LogP contribution is 2.23. The number of nitrogens with two attached hydrogens (primary N) is 1. The van der Waals surface area contributed by atoms with Crippen molar-refractivity contribution in [1.82, 2.24) is 4.72 Å². The summed E-state index contributed by atoms with van der Waals surface area (Å²) in [5, 5.41) is 0. The van der Waals surface area contributed by atoms with E-state index in [9.17, 15) is 8.42 Å². The molecule has 0 saturated carbocycles. The maximum atomic E-state index is 12.3. The highest BCUT2D eigenvalue weighted by molar-refractivity contribution is 7.89. The molecule has 0 heterocycles. The van der Waals surface area contributed by atoms with Crippen LogP contribution in [0.25, 0.3) is 0 Å². The maximum absolute atomic E-state index is 12.3. The van der Waals surface area contributed by atoms with E-state index in [0.717, 1.165) is 11.1 Å². The van der Waals surface area contributed by atoms with Crippen LogP contribution in [0.1, 0.15) is 11.1 Å². The van der Waals surface area contributed by atoms with E-state index in [1.807, 2.05) is 31.2 Å². The SMILES string of the molecule is COc1ccc(S(=O)(=O)NCc2ccccc2C)c(N)c1. The third-order valence-corrected chi connectivity index (χ3v) is 4.70. The lowest BCUT2D eigenvalue weighted by molar-refractivity contribution is 0.414. The molecule has 0 saturated heterocycles. The Hall–Kier alpha value is -2.05. The van der Waals surface area contributed by atoms with Crippen LogP contribution < -0.4 is 15.2 Å². The van der Waals surface area contributed by atoms with Crippen molar-refractivity contribution in [2.24, 2.45) is 0 Å².